The van der Waals surface area contributed by atoms with Crippen molar-refractivity contribution in [1.29, 1.82) is 0 Å². The number of ether oxygens (including phenoxy) is 1. The standard InChI is InChI=1S/C20H23N3O3/c1-3-14-8-4-5-9-15(14)22-19(24)13-23-12-18(20(25)21-2)26-17-11-7-6-10-16(17)23/h4-11,18H,3,12-13H2,1-2H3,(H,21,25)(H,22,24)/t18-/m0/s1. The molecular formula is C20H23N3O3. The topological polar surface area (TPSA) is 70.7 Å². The van der Waals surface area contributed by atoms with Gasteiger partial charge in [0.1, 0.15) is 5.75 Å². The third-order valence-electron chi connectivity index (χ3n) is 4.41. The molecule has 0 saturated carbocycles. The van der Waals surface area contributed by atoms with Crippen LogP contribution in [0.1, 0.15) is 12.5 Å². The molecule has 0 fully saturated rings. The van der Waals surface area contributed by atoms with Gasteiger partial charge in [0.05, 0.1) is 18.8 Å². The van der Waals surface area contributed by atoms with Gasteiger partial charge in [-0.2, -0.15) is 0 Å². The number of anilines is 2. The Kier molecular flexibility index (Phi) is 5.41. The quantitative estimate of drug-likeness (QED) is 0.865. The maximum Gasteiger partial charge on any atom is 0.262 e. The Morgan fingerprint density at radius 1 is 1.15 bits per heavy atom. The van der Waals surface area contributed by atoms with Crippen molar-refractivity contribution in [2.45, 2.75) is 19.4 Å². The average molecular weight is 353 g/mol. The average Bonchev–Trinajstić information content (AvgIpc) is 2.67. The molecule has 2 amide bonds. The first-order chi connectivity index (χ1) is 12.6. The van der Waals surface area contributed by atoms with Crippen molar-refractivity contribution in [3.05, 3.63) is 54.1 Å². The Morgan fingerprint density at radius 3 is 2.65 bits per heavy atom. The molecule has 0 saturated heterocycles. The second-order valence-corrected chi connectivity index (χ2v) is 6.13. The zero-order chi connectivity index (χ0) is 18.5. The van der Waals surface area contributed by atoms with E-state index in [1.165, 1.54) is 0 Å². The van der Waals surface area contributed by atoms with Gasteiger partial charge in [-0.25, -0.2) is 0 Å². The van der Waals surface area contributed by atoms with Crippen molar-refractivity contribution < 1.29 is 14.3 Å². The molecule has 0 spiro atoms. The number of para-hydroxylation sites is 3. The number of likely N-dealkylation sites (N-methyl/N-ethyl adjacent to an activating group) is 1. The van der Waals surface area contributed by atoms with Crippen LogP contribution in [-0.4, -0.2) is 38.1 Å². The van der Waals surface area contributed by atoms with E-state index in [-0.39, 0.29) is 18.4 Å². The highest BCUT2D eigenvalue weighted by atomic mass is 16.5. The fourth-order valence-electron chi connectivity index (χ4n) is 3.07. The number of carbonyl (C=O) groups is 2. The van der Waals surface area contributed by atoms with Crippen LogP contribution in [0.5, 0.6) is 5.75 Å². The molecule has 1 aliphatic rings. The fourth-order valence-corrected chi connectivity index (χ4v) is 3.07. The van der Waals surface area contributed by atoms with Gasteiger partial charge in [0.25, 0.3) is 5.91 Å². The molecule has 0 radical (unpaired) electrons. The molecule has 6 heteroatoms. The lowest BCUT2D eigenvalue weighted by atomic mass is 10.1. The van der Waals surface area contributed by atoms with Crippen molar-refractivity contribution in [1.82, 2.24) is 5.32 Å². The van der Waals surface area contributed by atoms with E-state index in [9.17, 15) is 9.59 Å². The highest BCUT2D eigenvalue weighted by molar-refractivity contribution is 5.95. The third-order valence-corrected chi connectivity index (χ3v) is 4.41. The summed E-state index contributed by atoms with van der Waals surface area (Å²) in [5.41, 5.74) is 2.72. The lowest BCUT2D eigenvalue weighted by Crippen LogP contribution is -2.50. The monoisotopic (exact) mass is 353 g/mol. The summed E-state index contributed by atoms with van der Waals surface area (Å²) in [5, 5.41) is 5.58. The lowest BCUT2D eigenvalue weighted by molar-refractivity contribution is -0.127. The molecule has 1 atom stereocenters. The summed E-state index contributed by atoms with van der Waals surface area (Å²) in [7, 11) is 1.57. The van der Waals surface area contributed by atoms with Gasteiger partial charge in [-0.05, 0) is 30.2 Å². The summed E-state index contributed by atoms with van der Waals surface area (Å²) >= 11 is 0. The van der Waals surface area contributed by atoms with E-state index in [4.69, 9.17) is 4.74 Å². The van der Waals surface area contributed by atoms with E-state index in [1.807, 2.05) is 53.4 Å². The molecule has 0 unspecified atom stereocenters. The number of amides is 2. The summed E-state index contributed by atoms with van der Waals surface area (Å²) in [6.45, 7) is 2.52. The zero-order valence-electron chi connectivity index (χ0n) is 15.0. The first kappa shape index (κ1) is 17.8. The van der Waals surface area contributed by atoms with Crippen molar-refractivity contribution in [2.24, 2.45) is 0 Å². The van der Waals surface area contributed by atoms with Crippen LogP contribution in [0.3, 0.4) is 0 Å². The molecule has 2 N–H and O–H groups in total. The first-order valence-corrected chi connectivity index (χ1v) is 8.72. The number of hydrogen-bond acceptors (Lipinski definition) is 4. The highest BCUT2D eigenvalue weighted by Gasteiger charge is 2.31. The zero-order valence-corrected chi connectivity index (χ0v) is 15.0. The highest BCUT2D eigenvalue weighted by Crippen LogP contribution is 2.33. The Hall–Kier alpha value is -3.02. The number of nitrogens with one attached hydrogen (secondary N) is 2. The van der Waals surface area contributed by atoms with Crippen LogP contribution in [-0.2, 0) is 16.0 Å². The van der Waals surface area contributed by atoms with E-state index < -0.39 is 6.10 Å². The minimum absolute atomic E-state index is 0.127. The Morgan fingerprint density at radius 2 is 1.88 bits per heavy atom. The van der Waals surface area contributed by atoms with Crippen LogP contribution in [0.15, 0.2) is 48.5 Å². The molecule has 0 bridgehead atoms. The Bertz CT molecular complexity index is 806. The summed E-state index contributed by atoms with van der Waals surface area (Å²) < 4.78 is 5.77. The molecule has 2 aromatic carbocycles. The van der Waals surface area contributed by atoms with E-state index in [1.54, 1.807) is 7.05 Å². The van der Waals surface area contributed by atoms with E-state index >= 15 is 0 Å². The summed E-state index contributed by atoms with van der Waals surface area (Å²) in [6.07, 6.45) is 0.195. The van der Waals surface area contributed by atoms with Crippen LogP contribution in [0.4, 0.5) is 11.4 Å². The number of carbonyl (C=O) groups excluding carboxylic acids is 2. The van der Waals surface area contributed by atoms with Crippen LogP contribution < -0.4 is 20.3 Å². The van der Waals surface area contributed by atoms with Crippen molar-refractivity contribution >= 4 is 23.2 Å². The second-order valence-electron chi connectivity index (χ2n) is 6.13. The van der Waals surface area contributed by atoms with Gasteiger partial charge < -0.3 is 20.3 Å². The summed E-state index contributed by atoms with van der Waals surface area (Å²) in [6, 6.07) is 15.2. The maximum atomic E-state index is 12.6. The van der Waals surface area contributed by atoms with Gasteiger partial charge in [-0.15, -0.1) is 0 Å². The molecule has 26 heavy (non-hydrogen) atoms. The van der Waals surface area contributed by atoms with Gasteiger partial charge >= 0.3 is 0 Å². The fraction of sp³-hybridized carbons (Fsp3) is 0.300. The molecule has 136 valence electrons. The van der Waals surface area contributed by atoms with Gasteiger partial charge in [-0.1, -0.05) is 37.3 Å². The first-order valence-electron chi connectivity index (χ1n) is 8.72. The molecule has 3 rings (SSSR count). The maximum absolute atomic E-state index is 12.6. The number of aryl methyl sites for hydroxylation is 1. The third kappa shape index (κ3) is 3.79. The predicted molar refractivity (Wildman–Crippen MR) is 102 cm³/mol. The molecule has 6 nitrogen and oxygen atoms in total. The van der Waals surface area contributed by atoms with E-state index in [0.717, 1.165) is 23.4 Å². The van der Waals surface area contributed by atoms with Crippen LogP contribution in [0.25, 0.3) is 0 Å². The molecule has 0 aromatic heterocycles. The normalized spacial score (nSPS) is 15.6. The minimum Gasteiger partial charge on any atom is -0.477 e. The van der Waals surface area contributed by atoms with Crippen molar-refractivity contribution in [3.63, 3.8) is 0 Å². The SMILES string of the molecule is CCc1ccccc1NC(=O)CN1C[C@@H](C(=O)NC)Oc2ccccc21. The molecule has 0 aliphatic carbocycles. The van der Waals surface area contributed by atoms with Gasteiger partial charge in [-0.3, -0.25) is 9.59 Å². The number of hydrogen-bond donors (Lipinski definition) is 2. The van der Waals surface area contributed by atoms with Gasteiger partial charge in [0, 0.05) is 12.7 Å². The van der Waals surface area contributed by atoms with Crippen LogP contribution in [0.2, 0.25) is 0 Å². The minimum atomic E-state index is -0.648. The number of benzene rings is 2. The van der Waals surface area contributed by atoms with E-state index in [2.05, 4.69) is 17.6 Å². The van der Waals surface area contributed by atoms with Crippen molar-refractivity contribution in [3.8, 4) is 5.75 Å². The van der Waals surface area contributed by atoms with Gasteiger partial charge in [0.2, 0.25) is 5.91 Å². The molecule has 1 heterocycles. The molecule has 2 aromatic rings. The number of fused-ring (bicyclic) bond motifs is 1. The number of rotatable bonds is 5. The van der Waals surface area contributed by atoms with E-state index in [0.29, 0.717) is 12.3 Å². The summed E-state index contributed by atoms with van der Waals surface area (Å²) in [5.74, 6) is 0.272. The summed E-state index contributed by atoms with van der Waals surface area (Å²) in [4.78, 5) is 26.5. The molecular weight excluding hydrogens is 330 g/mol. The molecule has 1 aliphatic heterocycles. The Balaban J connectivity index is 1.77. The van der Waals surface area contributed by atoms with Gasteiger partial charge in [0.15, 0.2) is 6.10 Å². The predicted octanol–water partition coefficient (Wildman–Crippen LogP) is 2.20. The van der Waals surface area contributed by atoms with Crippen molar-refractivity contribution in [2.75, 3.05) is 30.4 Å². The second kappa shape index (κ2) is 7.91. The largest absolute Gasteiger partial charge is 0.477 e. The smallest absolute Gasteiger partial charge is 0.262 e. The van der Waals surface area contributed by atoms with Crippen LogP contribution >= 0.6 is 0 Å². The Labute approximate surface area is 153 Å². The lowest BCUT2D eigenvalue weighted by Gasteiger charge is -2.35. The van der Waals surface area contributed by atoms with Crippen LogP contribution in [0, 0.1) is 0 Å². The number of nitrogens with zero attached hydrogens (tertiary/aromatic N) is 1.